The summed E-state index contributed by atoms with van der Waals surface area (Å²) in [6.07, 6.45) is 0.699. The lowest BCUT2D eigenvalue weighted by Gasteiger charge is -2.26. The fourth-order valence-corrected chi connectivity index (χ4v) is 3.99. The number of rotatable bonds is 7. The van der Waals surface area contributed by atoms with Crippen LogP contribution in [-0.4, -0.2) is 17.4 Å². The molecule has 2 N–H and O–H groups in total. The van der Waals surface area contributed by atoms with Gasteiger partial charge in [0.15, 0.2) is 0 Å². The standard InChI is InChI=1S/C21H20ClNO3/c1-2-7-17(20(22)24)19(26-21(23)25)12-18-15-10-5-3-8-13(15)14-9-4-6-11-16(14)18/h2-6,8-11,17-19H,1,7,12H2,(H2,23,25). The molecule has 1 aliphatic carbocycles. The maximum Gasteiger partial charge on any atom is 0.404 e. The Bertz CT molecular complexity index is 803. The summed E-state index contributed by atoms with van der Waals surface area (Å²) in [7, 11) is 0. The lowest BCUT2D eigenvalue weighted by molar-refractivity contribution is -0.118. The second kappa shape index (κ2) is 7.75. The second-order valence-electron chi connectivity index (χ2n) is 6.37. The molecule has 2 atom stereocenters. The Hall–Kier alpha value is -2.59. The molecule has 0 spiro atoms. The molecule has 0 fully saturated rings. The van der Waals surface area contributed by atoms with Gasteiger partial charge < -0.3 is 10.5 Å². The molecule has 0 bridgehead atoms. The molecule has 4 nitrogen and oxygen atoms in total. The summed E-state index contributed by atoms with van der Waals surface area (Å²) in [5.41, 5.74) is 9.85. The summed E-state index contributed by atoms with van der Waals surface area (Å²) in [6.45, 7) is 3.67. The van der Waals surface area contributed by atoms with Crippen molar-refractivity contribution in [3.05, 3.63) is 72.3 Å². The number of ether oxygens (including phenoxy) is 1. The van der Waals surface area contributed by atoms with Gasteiger partial charge in [-0.15, -0.1) is 6.58 Å². The van der Waals surface area contributed by atoms with E-state index in [1.807, 2.05) is 24.3 Å². The second-order valence-corrected chi connectivity index (χ2v) is 6.75. The molecule has 1 amide bonds. The number of hydrogen-bond acceptors (Lipinski definition) is 3. The van der Waals surface area contributed by atoms with Gasteiger partial charge in [-0.1, -0.05) is 54.6 Å². The third-order valence-corrected chi connectivity index (χ3v) is 5.14. The first-order valence-electron chi connectivity index (χ1n) is 8.47. The largest absolute Gasteiger partial charge is 0.446 e. The Morgan fingerprint density at radius 3 is 2.12 bits per heavy atom. The average molecular weight is 370 g/mol. The van der Waals surface area contributed by atoms with Crippen LogP contribution in [0.25, 0.3) is 11.1 Å². The molecule has 3 rings (SSSR count). The molecule has 2 unspecified atom stereocenters. The lowest BCUT2D eigenvalue weighted by atomic mass is 9.86. The van der Waals surface area contributed by atoms with E-state index in [0.29, 0.717) is 12.8 Å². The quantitative estimate of drug-likeness (QED) is 0.572. The van der Waals surface area contributed by atoms with Crippen molar-refractivity contribution in [2.24, 2.45) is 11.7 Å². The van der Waals surface area contributed by atoms with E-state index in [1.54, 1.807) is 6.08 Å². The summed E-state index contributed by atoms with van der Waals surface area (Å²) in [4.78, 5) is 23.3. The van der Waals surface area contributed by atoms with Crippen LogP contribution in [0.3, 0.4) is 0 Å². The molecular weight excluding hydrogens is 350 g/mol. The highest BCUT2D eigenvalue weighted by Gasteiger charge is 2.36. The highest BCUT2D eigenvalue weighted by molar-refractivity contribution is 6.64. The predicted octanol–water partition coefficient (Wildman–Crippen LogP) is 4.61. The number of benzene rings is 2. The van der Waals surface area contributed by atoms with Crippen LogP contribution in [0.2, 0.25) is 0 Å². The van der Waals surface area contributed by atoms with E-state index in [9.17, 15) is 9.59 Å². The van der Waals surface area contributed by atoms with E-state index >= 15 is 0 Å². The van der Waals surface area contributed by atoms with Crippen LogP contribution in [-0.2, 0) is 9.53 Å². The summed E-state index contributed by atoms with van der Waals surface area (Å²) < 4.78 is 5.30. The number of halogens is 1. The number of carbonyl (C=O) groups excluding carboxylic acids is 2. The number of primary amides is 1. The van der Waals surface area contributed by atoms with Crippen LogP contribution in [0.1, 0.15) is 29.9 Å². The van der Waals surface area contributed by atoms with Crippen molar-refractivity contribution in [2.75, 3.05) is 0 Å². The van der Waals surface area contributed by atoms with Crippen molar-refractivity contribution in [3.63, 3.8) is 0 Å². The first kappa shape index (κ1) is 18.2. The normalized spacial score (nSPS) is 14.8. The number of fused-ring (bicyclic) bond motifs is 3. The SMILES string of the molecule is C=CCC(C(=O)Cl)C(CC1c2ccccc2-c2ccccc21)OC(N)=O. The minimum atomic E-state index is -0.915. The van der Waals surface area contributed by atoms with Gasteiger partial charge in [-0.25, -0.2) is 4.79 Å². The van der Waals surface area contributed by atoms with Crippen LogP contribution < -0.4 is 5.73 Å². The maximum absolute atomic E-state index is 11.9. The van der Waals surface area contributed by atoms with Crippen molar-refractivity contribution in [1.82, 2.24) is 0 Å². The molecule has 134 valence electrons. The van der Waals surface area contributed by atoms with Crippen LogP contribution in [0.5, 0.6) is 0 Å². The minimum Gasteiger partial charge on any atom is -0.446 e. The molecule has 0 saturated heterocycles. The van der Waals surface area contributed by atoms with Crippen molar-refractivity contribution in [3.8, 4) is 11.1 Å². The number of amides is 1. The Kier molecular flexibility index (Phi) is 5.43. The Balaban J connectivity index is 1.99. The molecule has 0 aliphatic heterocycles. The maximum atomic E-state index is 11.9. The molecule has 0 aromatic heterocycles. The van der Waals surface area contributed by atoms with Gasteiger partial charge in [0.2, 0.25) is 5.24 Å². The molecule has 26 heavy (non-hydrogen) atoms. The Morgan fingerprint density at radius 1 is 1.12 bits per heavy atom. The monoisotopic (exact) mass is 369 g/mol. The van der Waals surface area contributed by atoms with E-state index in [1.165, 1.54) is 0 Å². The van der Waals surface area contributed by atoms with Gasteiger partial charge in [0.25, 0.3) is 0 Å². The van der Waals surface area contributed by atoms with E-state index in [0.717, 1.165) is 22.3 Å². The van der Waals surface area contributed by atoms with Crippen molar-refractivity contribution in [1.29, 1.82) is 0 Å². The Labute approximate surface area is 157 Å². The third kappa shape index (κ3) is 3.51. The highest BCUT2D eigenvalue weighted by atomic mass is 35.5. The van der Waals surface area contributed by atoms with Crippen LogP contribution >= 0.6 is 11.6 Å². The smallest absolute Gasteiger partial charge is 0.404 e. The third-order valence-electron chi connectivity index (χ3n) is 4.86. The zero-order chi connectivity index (χ0) is 18.7. The highest BCUT2D eigenvalue weighted by Crippen LogP contribution is 2.47. The zero-order valence-electron chi connectivity index (χ0n) is 14.2. The van der Waals surface area contributed by atoms with Crippen molar-refractivity contribution >= 4 is 22.9 Å². The molecule has 0 radical (unpaired) electrons. The average Bonchev–Trinajstić information content (AvgIpc) is 2.93. The van der Waals surface area contributed by atoms with Crippen LogP contribution in [0.15, 0.2) is 61.2 Å². The number of carbonyl (C=O) groups is 2. The topological polar surface area (TPSA) is 69.4 Å². The predicted molar refractivity (Wildman–Crippen MR) is 102 cm³/mol. The first-order valence-corrected chi connectivity index (χ1v) is 8.85. The van der Waals surface area contributed by atoms with E-state index < -0.39 is 23.4 Å². The van der Waals surface area contributed by atoms with E-state index in [2.05, 4.69) is 30.8 Å². The fourth-order valence-electron chi connectivity index (χ4n) is 3.76. The molecule has 1 aliphatic rings. The summed E-state index contributed by atoms with van der Waals surface area (Å²) in [6, 6.07) is 16.2. The number of nitrogens with two attached hydrogens (primary N) is 1. The van der Waals surface area contributed by atoms with E-state index in [4.69, 9.17) is 22.1 Å². The van der Waals surface area contributed by atoms with Gasteiger partial charge >= 0.3 is 6.09 Å². The van der Waals surface area contributed by atoms with Gasteiger partial charge in [0, 0.05) is 5.92 Å². The van der Waals surface area contributed by atoms with Gasteiger partial charge in [0.1, 0.15) is 6.10 Å². The Morgan fingerprint density at radius 2 is 1.65 bits per heavy atom. The summed E-state index contributed by atoms with van der Waals surface area (Å²) in [5, 5.41) is -0.560. The fraction of sp³-hybridized carbons (Fsp3) is 0.238. The van der Waals surface area contributed by atoms with Gasteiger partial charge in [-0.05, 0) is 46.7 Å². The van der Waals surface area contributed by atoms with Crippen molar-refractivity contribution in [2.45, 2.75) is 24.9 Å². The molecule has 2 aromatic rings. The molecule has 0 saturated carbocycles. The summed E-state index contributed by atoms with van der Waals surface area (Å²) in [5.74, 6) is -0.684. The van der Waals surface area contributed by atoms with Crippen LogP contribution in [0, 0.1) is 5.92 Å². The molecule has 2 aromatic carbocycles. The van der Waals surface area contributed by atoms with Gasteiger partial charge in [-0.3, -0.25) is 4.79 Å². The van der Waals surface area contributed by atoms with Crippen molar-refractivity contribution < 1.29 is 14.3 Å². The minimum absolute atomic E-state index is 0.00455. The number of allylic oxidation sites excluding steroid dienone is 1. The van der Waals surface area contributed by atoms with Gasteiger partial charge in [0.05, 0.1) is 5.92 Å². The molecule has 0 heterocycles. The van der Waals surface area contributed by atoms with Crippen LogP contribution in [0.4, 0.5) is 4.79 Å². The molecule has 5 heteroatoms. The number of hydrogen-bond donors (Lipinski definition) is 1. The van der Waals surface area contributed by atoms with E-state index in [-0.39, 0.29) is 5.92 Å². The lowest BCUT2D eigenvalue weighted by Crippen LogP contribution is -2.34. The van der Waals surface area contributed by atoms with Gasteiger partial charge in [-0.2, -0.15) is 0 Å². The molecular formula is C21H20ClNO3. The summed E-state index contributed by atoms with van der Waals surface area (Å²) >= 11 is 5.77. The zero-order valence-corrected chi connectivity index (χ0v) is 15.0. The first-order chi connectivity index (χ1) is 12.5.